The molecule has 7 heteroatoms. The van der Waals surface area contributed by atoms with Crippen LogP contribution in [0.3, 0.4) is 0 Å². The van der Waals surface area contributed by atoms with E-state index in [2.05, 4.69) is 5.09 Å². The molecule has 0 radical (unpaired) electrons. The van der Waals surface area contributed by atoms with Crippen molar-refractivity contribution in [1.29, 1.82) is 0 Å². The van der Waals surface area contributed by atoms with Gasteiger partial charge in [-0.3, -0.25) is 5.09 Å². The van der Waals surface area contributed by atoms with Gasteiger partial charge in [0, 0.05) is 5.02 Å². The zero-order valence-corrected chi connectivity index (χ0v) is 15.6. The van der Waals surface area contributed by atoms with E-state index >= 15 is 0 Å². The molecule has 0 fully saturated rings. The molecular formula is C19H17ClNO4P. The van der Waals surface area contributed by atoms with E-state index in [1.54, 1.807) is 66.7 Å². The lowest BCUT2D eigenvalue weighted by Gasteiger charge is -2.22. The fourth-order valence-electron chi connectivity index (χ4n) is 2.22. The van der Waals surface area contributed by atoms with E-state index in [0.29, 0.717) is 28.0 Å². The molecule has 0 heterocycles. The standard InChI is InChI=1S/C19H17ClNO4P/c1-23-19-13-12-15(20)14-18(19)21-26(22,24-16-8-4-2-5-9-16)25-17-10-6-3-7-11-17/h2-14H,1H3,(H,21,22). The fraction of sp³-hybridized carbons (Fsp3) is 0.0526. The van der Waals surface area contributed by atoms with Gasteiger partial charge in [0.05, 0.1) is 12.8 Å². The van der Waals surface area contributed by atoms with Crippen LogP contribution in [0.1, 0.15) is 0 Å². The first kappa shape index (κ1) is 18.2. The maximum Gasteiger partial charge on any atom is 0.541 e. The molecule has 0 bridgehead atoms. The van der Waals surface area contributed by atoms with Crippen molar-refractivity contribution >= 4 is 25.0 Å². The van der Waals surface area contributed by atoms with E-state index in [9.17, 15) is 4.57 Å². The summed E-state index contributed by atoms with van der Waals surface area (Å²) in [7, 11) is -2.32. The number of benzene rings is 3. The second-order valence-corrected chi connectivity index (χ2v) is 7.28. The van der Waals surface area contributed by atoms with Gasteiger partial charge in [0.1, 0.15) is 17.2 Å². The average molecular weight is 390 g/mol. The van der Waals surface area contributed by atoms with E-state index < -0.39 is 7.75 Å². The number of ether oxygens (including phenoxy) is 1. The second kappa shape index (κ2) is 8.17. The number of rotatable bonds is 7. The predicted molar refractivity (Wildman–Crippen MR) is 103 cm³/mol. The third-order valence-electron chi connectivity index (χ3n) is 3.36. The molecule has 0 aliphatic rings. The smallest absolute Gasteiger partial charge is 0.495 e. The van der Waals surface area contributed by atoms with E-state index in [1.807, 2.05) is 12.1 Å². The van der Waals surface area contributed by atoms with Crippen molar-refractivity contribution in [2.24, 2.45) is 0 Å². The molecule has 0 unspecified atom stereocenters. The first-order valence-corrected chi connectivity index (χ1v) is 9.71. The number of halogens is 1. The van der Waals surface area contributed by atoms with Crippen molar-refractivity contribution < 1.29 is 18.3 Å². The van der Waals surface area contributed by atoms with Crippen molar-refractivity contribution in [3.63, 3.8) is 0 Å². The van der Waals surface area contributed by atoms with Crippen molar-refractivity contribution in [1.82, 2.24) is 0 Å². The van der Waals surface area contributed by atoms with E-state index in [4.69, 9.17) is 25.4 Å². The van der Waals surface area contributed by atoms with Crippen molar-refractivity contribution in [3.8, 4) is 17.2 Å². The van der Waals surface area contributed by atoms with Gasteiger partial charge in [0.15, 0.2) is 0 Å². The van der Waals surface area contributed by atoms with Crippen molar-refractivity contribution in [2.45, 2.75) is 0 Å². The van der Waals surface area contributed by atoms with E-state index in [1.165, 1.54) is 7.11 Å². The molecule has 0 saturated heterocycles. The molecule has 0 aliphatic carbocycles. The second-order valence-electron chi connectivity index (χ2n) is 5.26. The summed E-state index contributed by atoms with van der Waals surface area (Å²) >= 11 is 6.06. The minimum Gasteiger partial charge on any atom is -0.495 e. The fourth-order valence-corrected chi connectivity index (χ4v) is 3.79. The lowest BCUT2D eigenvalue weighted by Crippen LogP contribution is -2.10. The van der Waals surface area contributed by atoms with Gasteiger partial charge in [-0.1, -0.05) is 48.0 Å². The van der Waals surface area contributed by atoms with E-state index in [-0.39, 0.29) is 0 Å². The van der Waals surface area contributed by atoms with Crippen LogP contribution in [0.2, 0.25) is 5.02 Å². The van der Waals surface area contributed by atoms with Crippen LogP contribution in [0.15, 0.2) is 78.9 Å². The molecule has 134 valence electrons. The van der Waals surface area contributed by atoms with Gasteiger partial charge >= 0.3 is 7.75 Å². The molecule has 1 N–H and O–H groups in total. The lowest BCUT2D eigenvalue weighted by molar-refractivity contribution is 0.391. The molecule has 3 rings (SSSR count). The topological polar surface area (TPSA) is 56.8 Å². The third kappa shape index (κ3) is 4.72. The molecule has 0 aromatic heterocycles. The molecule has 0 amide bonds. The van der Waals surface area contributed by atoms with E-state index in [0.717, 1.165) is 0 Å². The van der Waals surface area contributed by atoms with Gasteiger partial charge in [-0.25, -0.2) is 4.57 Å². The Morgan fingerprint density at radius 3 is 1.88 bits per heavy atom. The van der Waals surface area contributed by atoms with Crippen LogP contribution in [0.4, 0.5) is 5.69 Å². The Balaban J connectivity index is 1.95. The number of hydrogen-bond donors (Lipinski definition) is 1. The molecule has 5 nitrogen and oxygen atoms in total. The summed E-state index contributed by atoms with van der Waals surface area (Å²) in [5, 5.41) is 3.27. The normalized spacial score (nSPS) is 10.8. The molecule has 3 aromatic rings. The van der Waals surface area contributed by atoms with Gasteiger partial charge in [-0.15, -0.1) is 0 Å². The first-order chi connectivity index (χ1) is 12.6. The molecule has 0 spiro atoms. The summed E-state index contributed by atoms with van der Waals surface area (Å²) in [5.41, 5.74) is 0.398. The quantitative estimate of drug-likeness (QED) is 0.500. The van der Waals surface area contributed by atoms with Gasteiger partial charge < -0.3 is 13.8 Å². The highest BCUT2D eigenvalue weighted by atomic mass is 35.5. The lowest BCUT2D eigenvalue weighted by atomic mass is 10.3. The van der Waals surface area contributed by atoms with Gasteiger partial charge in [0.2, 0.25) is 0 Å². The van der Waals surface area contributed by atoms with Crippen LogP contribution in [0.25, 0.3) is 0 Å². The highest BCUT2D eigenvalue weighted by Crippen LogP contribution is 2.50. The van der Waals surface area contributed by atoms with Crippen LogP contribution in [0.5, 0.6) is 17.2 Å². The Labute approximate surface area is 157 Å². The number of hydrogen-bond acceptors (Lipinski definition) is 4. The Bertz CT molecular complexity index is 860. The summed E-state index contributed by atoms with van der Waals surface area (Å²) in [6.07, 6.45) is 0. The monoisotopic (exact) mass is 389 g/mol. The van der Waals surface area contributed by atoms with Crippen LogP contribution in [0, 0.1) is 0 Å². The number of nitrogens with one attached hydrogen (secondary N) is 1. The summed E-state index contributed by atoms with van der Waals surface area (Å²) in [6, 6.07) is 22.5. The minimum absolute atomic E-state index is 0.398. The highest BCUT2D eigenvalue weighted by Gasteiger charge is 2.30. The predicted octanol–water partition coefficient (Wildman–Crippen LogP) is 6.03. The number of anilines is 1. The summed E-state index contributed by atoms with van der Waals surface area (Å²) in [6.45, 7) is 0. The summed E-state index contributed by atoms with van der Waals surface area (Å²) < 4.78 is 30.1. The molecule has 3 aromatic carbocycles. The molecular weight excluding hydrogens is 373 g/mol. The average Bonchev–Trinajstić information content (AvgIpc) is 2.63. The Kier molecular flexibility index (Phi) is 5.71. The molecule has 0 aliphatic heterocycles. The minimum atomic E-state index is -3.83. The van der Waals surface area contributed by atoms with Crippen LogP contribution >= 0.6 is 19.3 Å². The SMILES string of the molecule is COc1ccc(Cl)cc1NP(=O)(Oc1ccccc1)Oc1ccccc1. The molecule has 26 heavy (non-hydrogen) atoms. The maximum atomic E-state index is 13.4. The zero-order valence-electron chi connectivity index (χ0n) is 14.0. The van der Waals surface area contributed by atoms with Crippen LogP contribution in [-0.4, -0.2) is 7.11 Å². The van der Waals surface area contributed by atoms with Crippen molar-refractivity contribution in [2.75, 3.05) is 12.2 Å². The number of methoxy groups -OCH3 is 1. The first-order valence-electron chi connectivity index (χ1n) is 7.79. The van der Waals surface area contributed by atoms with Gasteiger partial charge in [-0.05, 0) is 42.5 Å². The Hall–Kier alpha value is -2.62. The molecule has 0 saturated carbocycles. The summed E-state index contributed by atoms with van der Waals surface area (Å²) in [5.74, 6) is 1.27. The largest absolute Gasteiger partial charge is 0.541 e. The van der Waals surface area contributed by atoms with Gasteiger partial charge in [-0.2, -0.15) is 0 Å². The Morgan fingerprint density at radius 2 is 1.38 bits per heavy atom. The summed E-state index contributed by atoms with van der Waals surface area (Å²) in [4.78, 5) is 0. The van der Waals surface area contributed by atoms with Gasteiger partial charge in [0.25, 0.3) is 0 Å². The maximum absolute atomic E-state index is 13.4. The van der Waals surface area contributed by atoms with Crippen molar-refractivity contribution in [3.05, 3.63) is 83.9 Å². The zero-order chi connectivity index (χ0) is 18.4. The third-order valence-corrected chi connectivity index (χ3v) is 5.01. The Morgan fingerprint density at radius 1 is 0.846 bits per heavy atom. The molecule has 0 atom stereocenters. The highest BCUT2D eigenvalue weighted by molar-refractivity contribution is 7.56. The van der Waals surface area contributed by atoms with Crippen LogP contribution in [-0.2, 0) is 4.57 Å². The number of para-hydroxylation sites is 2. The van der Waals surface area contributed by atoms with Crippen LogP contribution < -0.4 is 18.9 Å².